The Labute approximate surface area is 216 Å². The number of nitro benzene ring substituents is 1. The van der Waals surface area contributed by atoms with Crippen LogP contribution in [0.25, 0.3) is 17.0 Å². The van der Waals surface area contributed by atoms with E-state index in [1.165, 1.54) is 30.1 Å². The van der Waals surface area contributed by atoms with Crippen LogP contribution in [0.5, 0.6) is 5.88 Å². The maximum absolute atomic E-state index is 12.0. The van der Waals surface area contributed by atoms with E-state index in [0.29, 0.717) is 45.5 Å². The number of aliphatic imine (C=N–C) groups is 1. The van der Waals surface area contributed by atoms with Crippen LogP contribution in [0, 0.1) is 10.1 Å². The van der Waals surface area contributed by atoms with Crippen LogP contribution in [0.3, 0.4) is 0 Å². The lowest BCUT2D eigenvalue weighted by Gasteiger charge is -2.09. The van der Waals surface area contributed by atoms with Gasteiger partial charge in [-0.1, -0.05) is 36.4 Å². The minimum atomic E-state index is -0.497. The topological polar surface area (TPSA) is 167 Å². The van der Waals surface area contributed by atoms with Crippen molar-refractivity contribution in [2.45, 2.75) is 6.54 Å². The molecule has 2 heterocycles. The maximum atomic E-state index is 12.0. The van der Waals surface area contributed by atoms with E-state index in [-0.39, 0.29) is 17.3 Å². The first-order valence-corrected chi connectivity index (χ1v) is 11.5. The number of aromatic nitrogens is 1. The Balaban J connectivity index is 1.62. The lowest BCUT2D eigenvalue weighted by atomic mass is 9.99. The number of hydrogen-bond donors (Lipinski definition) is 4. The van der Waals surface area contributed by atoms with Crippen molar-refractivity contribution >= 4 is 46.0 Å². The van der Waals surface area contributed by atoms with Crippen LogP contribution in [0.4, 0.5) is 16.2 Å². The fourth-order valence-electron chi connectivity index (χ4n) is 4.18. The predicted octanol–water partition coefficient (Wildman–Crippen LogP) is 3.93. The Morgan fingerprint density at radius 3 is 2.42 bits per heavy atom. The molecule has 3 amide bonds. The maximum Gasteiger partial charge on any atom is 0.328 e. The normalized spacial score (nSPS) is 14.9. The number of aromatic amines is 1. The van der Waals surface area contributed by atoms with Crippen molar-refractivity contribution in [3.05, 3.63) is 105 Å². The number of H-pyrrole nitrogens is 1. The number of aromatic hydroxyl groups is 1. The zero-order chi connectivity index (χ0) is 27.0. The quantitative estimate of drug-likeness (QED) is 0.101. The zero-order valence-electron chi connectivity index (χ0n) is 20.1. The molecule has 0 spiro atoms. The predicted molar refractivity (Wildman–Crippen MR) is 142 cm³/mol. The highest BCUT2D eigenvalue weighted by Crippen LogP contribution is 2.34. The number of likely N-dealkylation sites (N-methyl/N-ethyl adjacent to an activating group) is 1. The molecular weight excluding hydrogens is 488 g/mol. The lowest BCUT2D eigenvalue weighted by molar-refractivity contribution is -0.384. The molecule has 0 radical (unpaired) electrons. The highest BCUT2D eigenvalue weighted by molar-refractivity contribution is 6.22. The number of imide groups is 1. The molecule has 3 aromatic carbocycles. The number of urea groups is 1. The molecule has 1 aliphatic rings. The van der Waals surface area contributed by atoms with Gasteiger partial charge in [0.2, 0.25) is 0 Å². The SMILES string of the molecule is CN1C(=O)NC(=O)/C1=C/c1ccc(N=C(c2ccc(CN)cc2)c2c(O)[nH]c3ccc([N+](=O)[O-])cc23)cc1. The minimum absolute atomic E-state index is 0.118. The molecule has 0 aliphatic carbocycles. The summed E-state index contributed by atoms with van der Waals surface area (Å²) >= 11 is 0. The Bertz CT molecular complexity index is 1650. The van der Waals surface area contributed by atoms with Crippen LogP contribution in [0.2, 0.25) is 0 Å². The second kappa shape index (κ2) is 9.64. The average Bonchev–Trinajstić information content (AvgIpc) is 3.37. The van der Waals surface area contributed by atoms with Gasteiger partial charge in [-0.15, -0.1) is 0 Å². The van der Waals surface area contributed by atoms with Crippen LogP contribution < -0.4 is 11.1 Å². The van der Waals surface area contributed by atoms with Crippen molar-refractivity contribution in [2.75, 3.05) is 7.05 Å². The molecule has 0 atom stereocenters. The van der Waals surface area contributed by atoms with Gasteiger partial charge in [0.25, 0.3) is 11.6 Å². The van der Waals surface area contributed by atoms with Gasteiger partial charge in [0.15, 0.2) is 5.88 Å². The van der Waals surface area contributed by atoms with Crippen molar-refractivity contribution in [2.24, 2.45) is 10.7 Å². The van der Waals surface area contributed by atoms with Gasteiger partial charge in [0.05, 0.1) is 21.9 Å². The number of hydrogen-bond acceptors (Lipinski definition) is 7. The second-order valence-electron chi connectivity index (χ2n) is 8.64. The van der Waals surface area contributed by atoms with E-state index in [2.05, 4.69) is 10.3 Å². The van der Waals surface area contributed by atoms with Crippen molar-refractivity contribution in [3.63, 3.8) is 0 Å². The van der Waals surface area contributed by atoms with Crippen molar-refractivity contribution in [1.82, 2.24) is 15.2 Å². The molecule has 1 aromatic heterocycles. The van der Waals surface area contributed by atoms with E-state index in [1.807, 2.05) is 24.3 Å². The number of fused-ring (bicyclic) bond motifs is 1. The zero-order valence-corrected chi connectivity index (χ0v) is 20.1. The Morgan fingerprint density at radius 1 is 1.11 bits per heavy atom. The van der Waals surface area contributed by atoms with Crippen LogP contribution in [0.1, 0.15) is 22.3 Å². The Morgan fingerprint density at radius 2 is 1.82 bits per heavy atom. The van der Waals surface area contributed by atoms with Crippen molar-refractivity contribution < 1.29 is 19.6 Å². The summed E-state index contributed by atoms with van der Waals surface area (Å²) in [6.07, 6.45) is 1.59. The van der Waals surface area contributed by atoms with Crippen LogP contribution in [-0.2, 0) is 11.3 Å². The molecule has 38 heavy (non-hydrogen) atoms. The summed E-state index contributed by atoms with van der Waals surface area (Å²) in [7, 11) is 1.50. The number of nitrogens with one attached hydrogen (secondary N) is 2. The first kappa shape index (κ1) is 24.4. The third-order valence-corrected chi connectivity index (χ3v) is 6.23. The average molecular weight is 511 g/mol. The van der Waals surface area contributed by atoms with Crippen LogP contribution in [0.15, 0.2) is 77.4 Å². The number of nitrogens with two attached hydrogens (primary N) is 1. The number of nitrogens with zero attached hydrogens (tertiary/aromatic N) is 3. The summed E-state index contributed by atoms with van der Waals surface area (Å²) in [5, 5.41) is 24.9. The number of nitro groups is 1. The molecule has 11 nitrogen and oxygen atoms in total. The smallest absolute Gasteiger partial charge is 0.328 e. The summed E-state index contributed by atoms with van der Waals surface area (Å²) < 4.78 is 0. The lowest BCUT2D eigenvalue weighted by Crippen LogP contribution is -2.24. The molecule has 1 saturated heterocycles. The number of carbonyl (C=O) groups excluding carboxylic acids is 2. The van der Waals surface area contributed by atoms with E-state index in [4.69, 9.17) is 10.7 Å². The molecule has 5 N–H and O–H groups in total. The minimum Gasteiger partial charge on any atom is -0.494 e. The third kappa shape index (κ3) is 4.49. The molecule has 1 aliphatic heterocycles. The fraction of sp³-hybridized carbons (Fsp3) is 0.0741. The molecule has 11 heteroatoms. The Hall–Kier alpha value is -5.29. The van der Waals surface area contributed by atoms with E-state index in [1.54, 1.807) is 30.3 Å². The first-order chi connectivity index (χ1) is 18.2. The summed E-state index contributed by atoms with van der Waals surface area (Å²) in [5.41, 5.74) is 9.85. The number of benzene rings is 3. The third-order valence-electron chi connectivity index (χ3n) is 6.23. The number of non-ortho nitro benzene ring substituents is 1. The first-order valence-electron chi connectivity index (χ1n) is 11.5. The fourth-order valence-corrected chi connectivity index (χ4v) is 4.18. The van der Waals surface area contributed by atoms with Gasteiger partial charge in [-0.3, -0.25) is 25.1 Å². The van der Waals surface area contributed by atoms with Crippen LogP contribution in [-0.4, -0.2) is 44.6 Å². The van der Waals surface area contributed by atoms with Gasteiger partial charge in [-0.05, 0) is 35.4 Å². The van der Waals surface area contributed by atoms with Gasteiger partial charge in [-0.2, -0.15) is 0 Å². The molecule has 0 unspecified atom stereocenters. The van der Waals surface area contributed by atoms with E-state index < -0.39 is 16.9 Å². The molecule has 5 rings (SSSR count). The number of rotatable bonds is 6. The van der Waals surface area contributed by atoms with Gasteiger partial charge in [-0.25, -0.2) is 9.79 Å². The van der Waals surface area contributed by atoms with Crippen molar-refractivity contribution in [3.8, 4) is 5.88 Å². The van der Waals surface area contributed by atoms with E-state index in [0.717, 1.165) is 5.56 Å². The molecular formula is C27H22N6O5. The summed E-state index contributed by atoms with van der Waals surface area (Å²) in [5.74, 6) is -0.657. The molecule has 0 bridgehead atoms. The summed E-state index contributed by atoms with van der Waals surface area (Å²) in [6, 6.07) is 18.1. The summed E-state index contributed by atoms with van der Waals surface area (Å²) in [6.45, 7) is 0.354. The standard InChI is InChI=1S/C27H22N6O5/c1-32-22(25(34)31-27(32)36)12-15-4-8-18(9-5-15)29-24(17-6-2-16(14-28)3-7-17)23-20-13-19(33(37)38)10-11-21(20)30-26(23)35/h2-13,30,35H,14,28H2,1H3,(H,31,34,36)/b22-12-,29-24?. The van der Waals surface area contributed by atoms with Gasteiger partial charge in [0, 0.05) is 42.2 Å². The highest BCUT2D eigenvalue weighted by atomic mass is 16.6. The monoisotopic (exact) mass is 510 g/mol. The summed E-state index contributed by atoms with van der Waals surface area (Å²) in [4.78, 5) is 43.5. The van der Waals surface area contributed by atoms with Gasteiger partial charge in [0.1, 0.15) is 5.70 Å². The Kier molecular flexibility index (Phi) is 6.19. The molecule has 190 valence electrons. The van der Waals surface area contributed by atoms with E-state index in [9.17, 15) is 24.8 Å². The van der Waals surface area contributed by atoms with Gasteiger partial charge >= 0.3 is 6.03 Å². The van der Waals surface area contributed by atoms with Gasteiger partial charge < -0.3 is 15.8 Å². The highest BCUT2D eigenvalue weighted by Gasteiger charge is 2.29. The van der Waals surface area contributed by atoms with E-state index >= 15 is 0 Å². The molecule has 1 fully saturated rings. The number of amides is 3. The van der Waals surface area contributed by atoms with Crippen molar-refractivity contribution in [1.29, 1.82) is 0 Å². The van der Waals surface area contributed by atoms with Crippen LogP contribution >= 0.6 is 0 Å². The number of carbonyl (C=O) groups is 2. The largest absolute Gasteiger partial charge is 0.494 e. The molecule has 0 saturated carbocycles. The second-order valence-corrected chi connectivity index (χ2v) is 8.64. The molecule has 4 aromatic rings.